The van der Waals surface area contributed by atoms with Crippen molar-refractivity contribution in [1.82, 2.24) is 15.0 Å². The Morgan fingerprint density at radius 1 is 1.43 bits per heavy atom. The Hall–Kier alpha value is -2.83. The van der Waals surface area contributed by atoms with E-state index in [9.17, 15) is 4.79 Å². The van der Waals surface area contributed by atoms with Gasteiger partial charge in [0, 0.05) is 6.07 Å². The first-order valence-electron chi connectivity index (χ1n) is 7.21. The van der Waals surface area contributed by atoms with Crippen molar-refractivity contribution in [1.29, 1.82) is 0 Å². The van der Waals surface area contributed by atoms with Crippen LogP contribution in [0.3, 0.4) is 0 Å². The zero-order valence-electron chi connectivity index (χ0n) is 13.3. The first-order valence-corrected chi connectivity index (χ1v) is 7.21. The third kappa shape index (κ3) is 4.09. The minimum atomic E-state index is -1.21. The molecule has 0 aliphatic rings. The Morgan fingerprint density at radius 2 is 2.22 bits per heavy atom. The van der Waals surface area contributed by atoms with Gasteiger partial charge in [-0.25, -0.2) is 4.79 Å². The van der Waals surface area contributed by atoms with Crippen LogP contribution in [0.5, 0.6) is 5.75 Å². The molecule has 0 amide bonds. The van der Waals surface area contributed by atoms with E-state index in [-0.39, 0.29) is 5.76 Å². The highest BCUT2D eigenvalue weighted by Crippen LogP contribution is 2.23. The lowest BCUT2D eigenvalue weighted by Crippen LogP contribution is -2.09. The van der Waals surface area contributed by atoms with E-state index < -0.39 is 5.97 Å². The summed E-state index contributed by atoms with van der Waals surface area (Å²) in [7, 11) is 1.36. The highest BCUT2D eigenvalue weighted by Gasteiger charge is 2.14. The molecular formula is C16H19N3O4. The Balaban J connectivity index is 2.31. The van der Waals surface area contributed by atoms with Gasteiger partial charge in [-0.15, -0.1) is 0 Å². The number of aromatic nitrogens is 3. The number of carboxylic acids is 1. The normalized spacial score (nSPS) is 11.3. The van der Waals surface area contributed by atoms with Crippen LogP contribution in [0.1, 0.15) is 24.6 Å². The molecule has 7 heteroatoms. The number of rotatable bonds is 7. The number of carbonyl (C=O) groups is 1. The lowest BCUT2D eigenvalue weighted by Gasteiger charge is -2.10. The van der Waals surface area contributed by atoms with Gasteiger partial charge in [-0.3, -0.25) is 0 Å². The summed E-state index contributed by atoms with van der Waals surface area (Å²) in [5.41, 5.74) is 2.38. The van der Waals surface area contributed by atoms with Crippen LogP contribution in [0.15, 0.2) is 36.4 Å². The Bertz CT molecular complexity index is 722. The Kier molecular flexibility index (Phi) is 5.35. The lowest BCUT2D eigenvalue weighted by molar-refractivity contribution is -0.135. The van der Waals surface area contributed by atoms with Crippen molar-refractivity contribution in [2.45, 2.75) is 26.7 Å². The second-order valence-electron chi connectivity index (χ2n) is 4.95. The topological polar surface area (TPSA) is 86.5 Å². The lowest BCUT2D eigenvalue weighted by atomic mass is 10.2. The fourth-order valence-electron chi connectivity index (χ4n) is 1.96. The minimum Gasteiger partial charge on any atom is -0.500 e. The van der Waals surface area contributed by atoms with Gasteiger partial charge in [0.2, 0.25) is 5.76 Å². The van der Waals surface area contributed by atoms with Gasteiger partial charge in [-0.1, -0.05) is 19.4 Å². The summed E-state index contributed by atoms with van der Waals surface area (Å²) < 4.78 is 10.2. The number of aryl methyl sites for hydroxylation is 2. The number of aliphatic carboxylic acids is 1. The van der Waals surface area contributed by atoms with Crippen LogP contribution in [0.2, 0.25) is 0 Å². The summed E-state index contributed by atoms with van der Waals surface area (Å²) in [6, 6.07) is 5.36. The van der Waals surface area contributed by atoms with Crippen LogP contribution < -0.4 is 4.74 Å². The van der Waals surface area contributed by atoms with E-state index in [4.69, 9.17) is 14.6 Å². The number of hydrogen-bond acceptors (Lipinski definition) is 5. The highest BCUT2D eigenvalue weighted by atomic mass is 16.5. The molecule has 0 atom stereocenters. The van der Waals surface area contributed by atoms with E-state index >= 15 is 0 Å². The maximum absolute atomic E-state index is 11.1. The molecule has 1 aromatic carbocycles. The number of benzene rings is 1. The monoisotopic (exact) mass is 317 g/mol. The molecule has 1 aromatic heterocycles. The Morgan fingerprint density at radius 3 is 2.87 bits per heavy atom. The molecule has 2 rings (SSSR count). The van der Waals surface area contributed by atoms with Gasteiger partial charge in [0.15, 0.2) is 0 Å². The summed E-state index contributed by atoms with van der Waals surface area (Å²) in [6.45, 7) is 3.90. The molecule has 0 aliphatic heterocycles. The number of hydrogen-bond donors (Lipinski definition) is 1. The average molecular weight is 317 g/mol. The van der Waals surface area contributed by atoms with E-state index in [1.54, 1.807) is 12.3 Å². The van der Waals surface area contributed by atoms with Gasteiger partial charge in [0.1, 0.15) is 12.0 Å². The first kappa shape index (κ1) is 16.5. The number of nitrogens with zero attached hydrogens (tertiary/aromatic N) is 3. The molecule has 0 bridgehead atoms. The summed E-state index contributed by atoms with van der Waals surface area (Å²) in [4.78, 5) is 12.6. The molecule has 0 spiro atoms. The summed E-state index contributed by atoms with van der Waals surface area (Å²) in [5.74, 6) is -1.10. The Labute approximate surface area is 134 Å². The first-order chi connectivity index (χ1) is 11.0. The number of ether oxygens (including phenoxy) is 2. The van der Waals surface area contributed by atoms with Gasteiger partial charge >= 0.3 is 5.97 Å². The molecule has 122 valence electrons. The van der Waals surface area contributed by atoms with E-state index in [1.807, 2.05) is 19.1 Å². The van der Waals surface area contributed by atoms with Crippen molar-refractivity contribution in [2.75, 3.05) is 7.11 Å². The van der Waals surface area contributed by atoms with Crippen molar-refractivity contribution in [3.05, 3.63) is 47.7 Å². The van der Waals surface area contributed by atoms with E-state index in [1.165, 1.54) is 11.9 Å². The van der Waals surface area contributed by atoms with Crippen molar-refractivity contribution in [2.24, 2.45) is 0 Å². The molecule has 2 aromatic rings. The van der Waals surface area contributed by atoms with E-state index in [0.717, 1.165) is 30.4 Å². The van der Waals surface area contributed by atoms with Gasteiger partial charge < -0.3 is 14.6 Å². The van der Waals surface area contributed by atoms with Crippen LogP contribution in [-0.4, -0.2) is 33.2 Å². The molecule has 1 N–H and O–H groups in total. The average Bonchev–Trinajstić information content (AvgIpc) is 2.97. The number of methoxy groups -OCH3 is 1. The summed E-state index contributed by atoms with van der Waals surface area (Å²) in [6.07, 6.45) is 4.61. The minimum absolute atomic E-state index is 0.298. The molecule has 0 saturated heterocycles. The standard InChI is InChI=1S/C16H19N3O4/c1-4-5-12-9-17-19(18-12)13-7-6-11(2)14(8-13)23-15(10-22-3)16(20)21/h6-10H,4-5H2,1-3H3,(H,20,21)/b15-10-. The van der Waals surface area contributed by atoms with Crippen LogP contribution >= 0.6 is 0 Å². The zero-order chi connectivity index (χ0) is 16.8. The van der Waals surface area contributed by atoms with Gasteiger partial charge in [0.25, 0.3) is 0 Å². The van der Waals surface area contributed by atoms with Gasteiger partial charge in [0.05, 0.1) is 24.7 Å². The quantitative estimate of drug-likeness (QED) is 0.623. The van der Waals surface area contributed by atoms with Gasteiger partial charge in [-0.2, -0.15) is 15.0 Å². The smallest absolute Gasteiger partial charge is 0.375 e. The molecule has 7 nitrogen and oxygen atoms in total. The predicted molar refractivity (Wildman–Crippen MR) is 83.4 cm³/mol. The van der Waals surface area contributed by atoms with Gasteiger partial charge in [-0.05, 0) is 25.0 Å². The molecular weight excluding hydrogens is 298 g/mol. The molecule has 0 saturated carbocycles. The van der Waals surface area contributed by atoms with Crippen LogP contribution in [-0.2, 0) is 16.0 Å². The fraction of sp³-hybridized carbons (Fsp3) is 0.312. The van der Waals surface area contributed by atoms with Crippen LogP contribution in [0, 0.1) is 6.92 Å². The molecule has 23 heavy (non-hydrogen) atoms. The SMILES string of the molecule is CCCc1cnn(-c2ccc(C)c(O/C(=C\OC)C(=O)O)c2)n1. The second-order valence-corrected chi connectivity index (χ2v) is 4.95. The van der Waals surface area contributed by atoms with Crippen LogP contribution in [0.4, 0.5) is 0 Å². The van der Waals surface area contributed by atoms with Crippen molar-refractivity contribution in [3.63, 3.8) is 0 Å². The highest BCUT2D eigenvalue weighted by molar-refractivity contribution is 5.84. The molecule has 0 aliphatic carbocycles. The molecule has 1 heterocycles. The van der Waals surface area contributed by atoms with Crippen molar-refractivity contribution >= 4 is 5.97 Å². The maximum Gasteiger partial charge on any atom is 0.375 e. The molecule has 0 unspecified atom stereocenters. The molecule has 0 radical (unpaired) electrons. The summed E-state index contributed by atoms with van der Waals surface area (Å²) in [5, 5.41) is 17.7. The van der Waals surface area contributed by atoms with E-state index in [2.05, 4.69) is 17.1 Å². The third-order valence-electron chi connectivity index (χ3n) is 3.10. The van der Waals surface area contributed by atoms with E-state index in [0.29, 0.717) is 11.4 Å². The predicted octanol–water partition coefficient (Wildman–Crippen LogP) is 2.48. The second kappa shape index (κ2) is 7.44. The van der Waals surface area contributed by atoms with Crippen molar-refractivity contribution in [3.8, 4) is 11.4 Å². The largest absolute Gasteiger partial charge is 0.500 e. The van der Waals surface area contributed by atoms with Crippen molar-refractivity contribution < 1.29 is 19.4 Å². The zero-order valence-corrected chi connectivity index (χ0v) is 13.3. The number of carboxylic acid groups (broad SMARTS) is 1. The molecule has 0 fully saturated rings. The third-order valence-corrected chi connectivity index (χ3v) is 3.10. The summed E-state index contributed by atoms with van der Waals surface area (Å²) >= 11 is 0. The fourth-order valence-corrected chi connectivity index (χ4v) is 1.96. The van der Waals surface area contributed by atoms with Crippen LogP contribution in [0.25, 0.3) is 5.69 Å². The maximum atomic E-state index is 11.1.